The van der Waals surface area contributed by atoms with E-state index in [4.69, 9.17) is 4.74 Å². The Balaban J connectivity index is 1.61. The van der Waals surface area contributed by atoms with Gasteiger partial charge in [-0.15, -0.1) is 0 Å². The number of ether oxygens (including phenoxy) is 1. The molecule has 2 atom stereocenters. The third-order valence-corrected chi connectivity index (χ3v) is 5.09. The summed E-state index contributed by atoms with van der Waals surface area (Å²) in [7, 11) is -3.22. The van der Waals surface area contributed by atoms with Gasteiger partial charge < -0.3 is 9.64 Å². The molecule has 1 amide bonds. The van der Waals surface area contributed by atoms with Crippen LogP contribution in [0.2, 0.25) is 0 Å². The number of carbonyl (C=O) groups is 1. The van der Waals surface area contributed by atoms with Crippen LogP contribution in [-0.2, 0) is 25.1 Å². The Hall–Kier alpha value is -1.40. The van der Waals surface area contributed by atoms with E-state index < -0.39 is 9.84 Å². The lowest BCUT2D eigenvalue weighted by Crippen LogP contribution is -2.48. The summed E-state index contributed by atoms with van der Waals surface area (Å²) in [5.74, 6) is 0.0436. The number of fused-ring (bicyclic) bond motifs is 1. The van der Waals surface area contributed by atoms with Crippen molar-refractivity contribution in [3.63, 3.8) is 0 Å². The quantitative estimate of drug-likeness (QED) is 0.756. The number of rotatable bonds is 4. The second kappa shape index (κ2) is 4.61. The van der Waals surface area contributed by atoms with Gasteiger partial charge in [0.2, 0.25) is 5.91 Å². The normalized spacial score (nSPS) is 26.1. The van der Waals surface area contributed by atoms with E-state index in [-0.39, 0.29) is 29.7 Å². The maximum absolute atomic E-state index is 12.1. The van der Waals surface area contributed by atoms with Crippen molar-refractivity contribution >= 4 is 15.7 Å². The Morgan fingerprint density at radius 3 is 2.63 bits per heavy atom. The van der Waals surface area contributed by atoms with Crippen molar-refractivity contribution in [1.82, 2.24) is 4.90 Å². The highest BCUT2D eigenvalue weighted by atomic mass is 32.2. The molecule has 0 spiro atoms. The van der Waals surface area contributed by atoms with E-state index in [0.29, 0.717) is 13.0 Å². The number of benzene rings is 1. The summed E-state index contributed by atoms with van der Waals surface area (Å²) in [5, 5.41) is 0. The minimum absolute atomic E-state index is 0.0202. The van der Waals surface area contributed by atoms with Gasteiger partial charge in [0, 0.05) is 0 Å². The van der Waals surface area contributed by atoms with Crippen LogP contribution in [0.5, 0.6) is 0 Å². The van der Waals surface area contributed by atoms with Crippen molar-refractivity contribution in [1.29, 1.82) is 0 Å². The van der Waals surface area contributed by atoms with Crippen molar-refractivity contribution < 1.29 is 17.9 Å². The Morgan fingerprint density at radius 1 is 1.26 bits per heavy atom. The molecule has 0 radical (unpaired) electrons. The monoisotopic (exact) mass is 281 g/mol. The summed E-state index contributed by atoms with van der Waals surface area (Å²) < 4.78 is 29.7. The van der Waals surface area contributed by atoms with Crippen LogP contribution < -0.4 is 0 Å². The number of β-lactam (4-membered cyclic amide) rings is 1. The highest BCUT2D eigenvalue weighted by molar-refractivity contribution is 7.90. The maximum atomic E-state index is 12.1. The third kappa shape index (κ3) is 2.64. The lowest BCUT2D eigenvalue weighted by molar-refractivity contribution is -0.156. The molecule has 0 N–H and O–H groups in total. The molecule has 2 aliphatic rings. The second-order valence-electron chi connectivity index (χ2n) is 5.00. The molecule has 2 unspecified atom stereocenters. The van der Waals surface area contributed by atoms with E-state index in [1.807, 2.05) is 18.2 Å². The average Bonchev–Trinajstić information content (AvgIpc) is 2.66. The van der Waals surface area contributed by atoms with E-state index in [1.165, 1.54) is 0 Å². The largest absolute Gasteiger partial charge is 0.352 e. The van der Waals surface area contributed by atoms with Gasteiger partial charge in [0.15, 0.2) is 9.84 Å². The molecule has 1 aromatic carbocycles. The van der Waals surface area contributed by atoms with Gasteiger partial charge in [-0.1, -0.05) is 30.3 Å². The fourth-order valence-electron chi connectivity index (χ4n) is 2.51. The SMILES string of the molecule is O=C1CC2OC(CS(=O)(=O)Cc3ccccc3)CN12. The number of amides is 1. The van der Waals surface area contributed by atoms with E-state index >= 15 is 0 Å². The molecule has 2 saturated heterocycles. The van der Waals surface area contributed by atoms with E-state index in [2.05, 4.69) is 0 Å². The Morgan fingerprint density at radius 2 is 2.00 bits per heavy atom. The highest BCUT2D eigenvalue weighted by Gasteiger charge is 2.46. The average molecular weight is 281 g/mol. The van der Waals surface area contributed by atoms with Crippen molar-refractivity contribution in [2.24, 2.45) is 0 Å². The van der Waals surface area contributed by atoms with E-state index in [0.717, 1.165) is 5.56 Å². The summed E-state index contributed by atoms with van der Waals surface area (Å²) in [4.78, 5) is 12.8. The van der Waals surface area contributed by atoms with Crippen LogP contribution >= 0.6 is 0 Å². The van der Waals surface area contributed by atoms with Crippen LogP contribution in [0.15, 0.2) is 30.3 Å². The number of sulfone groups is 1. The van der Waals surface area contributed by atoms with Crippen molar-refractivity contribution in [2.45, 2.75) is 24.5 Å². The van der Waals surface area contributed by atoms with Gasteiger partial charge in [0.05, 0.1) is 30.6 Å². The van der Waals surface area contributed by atoms with Gasteiger partial charge in [-0.3, -0.25) is 4.79 Å². The van der Waals surface area contributed by atoms with Gasteiger partial charge in [-0.2, -0.15) is 0 Å². The molecule has 3 rings (SSSR count). The Labute approximate surface area is 112 Å². The predicted octanol–water partition coefficient (Wildman–Crippen LogP) is 0.559. The molecule has 1 aromatic rings. The molecule has 0 saturated carbocycles. The first-order chi connectivity index (χ1) is 9.03. The molecule has 2 fully saturated rings. The summed E-state index contributed by atoms with van der Waals surface area (Å²) in [6.45, 7) is 0.400. The minimum atomic E-state index is -3.22. The van der Waals surface area contributed by atoms with Gasteiger partial charge in [0.1, 0.15) is 6.23 Å². The second-order valence-corrected chi connectivity index (χ2v) is 7.11. The minimum Gasteiger partial charge on any atom is -0.352 e. The summed E-state index contributed by atoms with van der Waals surface area (Å²) in [5.41, 5.74) is 0.778. The fraction of sp³-hybridized carbons (Fsp3) is 0.462. The molecule has 102 valence electrons. The standard InChI is InChI=1S/C13H15NO4S/c15-12-6-13-14(12)7-11(18-13)9-19(16,17)8-10-4-2-1-3-5-10/h1-5,11,13H,6-9H2. The lowest BCUT2D eigenvalue weighted by atomic mass is 10.2. The van der Waals surface area contributed by atoms with Crippen LogP contribution in [0.3, 0.4) is 0 Å². The number of carbonyl (C=O) groups excluding carboxylic acids is 1. The third-order valence-electron chi connectivity index (χ3n) is 3.44. The molecule has 2 heterocycles. The zero-order valence-corrected chi connectivity index (χ0v) is 11.2. The smallest absolute Gasteiger partial charge is 0.229 e. The van der Waals surface area contributed by atoms with Crippen LogP contribution in [-0.4, -0.2) is 43.9 Å². The summed E-state index contributed by atoms with van der Waals surface area (Å²) in [6, 6.07) is 9.09. The summed E-state index contributed by atoms with van der Waals surface area (Å²) in [6.07, 6.45) is -0.190. The van der Waals surface area contributed by atoms with Gasteiger partial charge in [-0.05, 0) is 5.56 Å². The maximum Gasteiger partial charge on any atom is 0.229 e. The lowest BCUT2D eigenvalue weighted by Gasteiger charge is -2.31. The van der Waals surface area contributed by atoms with Crippen molar-refractivity contribution in [2.75, 3.05) is 12.3 Å². The van der Waals surface area contributed by atoms with Crippen LogP contribution in [0, 0.1) is 0 Å². The van der Waals surface area contributed by atoms with Gasteiger partial charge in [0.25, 0.3) is 0 Å². The zero-order chi connectivity index (χ0) is 13.5. The molecule has 6 heteroatoms. The number of nitrogens with zero attached hydrogens (tertiary/aromatic N) is 1. The van der Waals surface area contributed by atoms with Crippen LogP contribution in [0.4, 0.5) is 0 Å². The molecule has 19 heavy (non-hydrogen) atoms. The van der Waals surface area contributed by atoms with Crippen molar-refractivity contribution in [3.05, 3.63) is 35.9 Å². The van der Waals surface area contributed by atoms with Gasteiger partial charge in [-0.25, -0.2) is 8.42 Å². The molecular weight excluding hydrogens is 266 g/mol. The van der Waals surface area contributed by atoms with E-state index in [9.17, 15) is 13.2 Å². The topological polar surface area (TPSA) is 63.7 Å². The van der Waals surface area contributed by atoms with Crippen LogP contribution in [0.1, 0.15) is 12.0 Å². The Kier molecular flexibility index (Phi) is 3.06. The van der Waals surface area contributed by atoms with Gasteiger partial charge >= 0.3 is 0 Å². The van der Waals surface area contributed by atoms with E-state index in [1.54, 1.807) is 17.0 Å². The number of hydrogen-bond donors (Lipinski definition) is 0. The van der Waals surface area contributed by atoms with Crippen molar-refractivity contribution in [3.8, 4) is 0 Å². The zero-order valence-electron chi connectivity index (χ0n) is 10.4. The first-order valence-corrected chi connectivity index (χ1v) is 8.05. The molecule has 0 bridgehead atoms. The first-order valence-electron chi connectivity index (χ1n) is 6.23. The van der Waals surface area contributed by atoms with Crippen LogP contribution in [0.25, 0.3) is 0 Å². The molecule has 0 aromatic heterocycles. The molecule has 0 aliphatic carbocycles. The highest BCUT2D eigenvalue weighted by Crippen LogP contribution is 2.29. The first kappa shape index (κ1) is 12.6. The molecule has 5 nitrogen and oxygen atoms in total. The number of hydrogen-bond acceptors (Lipinski definition) is 4. The molecule has 2 aliphatic heterocycles. The Bertz CT molecular complexity index is 584. The predicted molar refractivity (Wildman–Crippen MR) is 68.9 cm³/mol. The summed E-state index contributed by atoms with van der Waals surface area (Å²) >= 11 is 0. The fourth-order valence-corrected chi connectivity index (χ4v) is 4.08. The molecular formula is C13H15NO4S.